The summed E-state index contributed by atoms with van der Waals surface area (Å²) >= 11 is 0. The predicted molar refractivity (Wildman–Crippen MR) is 484 cm³/mol. The van der Waals surface area contributed by atoms with Crippen molar-refractivity contribution in [1.82, 2.24) is 9.13 Å². The van der Waals surface area contributed by atoms with Crippen LogP contribution in [0.15, 0.2) is 387 Å². The summed E-state index contributed by atoms with van der Waals surface area (Å²) in [6.45, 7) is 9.34. The van der Waals surface area contributed by atoms with Gasteiger partial charge in [-0.15, -0.1) is 0 Å². The third kappa shape index (κ3) is 10.5. The molecule has 0 atom stereocenters. The lowest BCUT2D eigenvalue weighted by Gasteiger charge is -2.21. The van der Waals surface area contributed by atoms with Crippen LogP contribution in [0.2, 0.25) is 0 Å². The number of hydrogen-bond acceptors (Lipinski definition) is 5. The molecule has 0 spiro atoms. The number of furan rings is 1. The van der Waals surface area contributed by atoms with E-state index in [1.807, 2.05) is 60.7 Å². The zero-order chi connectivity index (χ0) is 78.1. The highest BCUT2D eigenvalue weighted by Gasteiger charge is 2.38. The SMILES string of the molecule is CC1(C)c2ccccc2-c2cc3c4cc(-c5ccc6c(c5)c(=O)oc5c(-c7cc(-c8ccccc8)cc(-c8ccccc8)c7)cccc56)ccc4n(-c4ccccc4)c3cc21.CC1(C)c2ccccc2-c2cc3c4cc(-c5ccc6c(c5)c(=O)oc5cc(-c7cccc8oc9ccccc9c78)ccc56)ccc4n(-c4ccccc4)c3cc21. The lowest BCUT2D eigenvalue weighted by Crippen LogP contribution is -2.14. The van der Waals surface area contributed by atoms with Crippen LogP contribution in [0.25, 0.3) is 209 Å². The lowest BCUT2D eigenvalue weighted by molar-refractivity contribution is 0.570. The molecule has 24 rings (SSSR count). The van der Waals surface area contributed by atoms with Gasteiger partial charge in [0.15, 0.2) is 0 Å². The highest BCUT2D eigenvalue weighted by Crippen LogP contribution is 2.54. The number of rotatable bonds is 8. The van der Waals surface area contributed by atoms with Gasteiger partial charge in [0, 0.05) is 70.9 Å². The largest absolute Gasteiger partial charge is 0.456 e. The van der Waals surface area contributed by atoms with Crippen molar-refractivity contribution < 1.29 is 13.3 Å². The van der Waals surface area contributed by atoms with Crippen molar-refractivity contribution in [3.05, 3.63) is 407 Å². The maximum atomic E-state index is 14.2. The molecular formula is C110H72N2O5. The van der Waals surface area contributed by atoms with Crippen molar-refractivity contribution in [2.45, 2.75) is 38.5 Å². The average molecular weight is 1500 g/mol. The second kappa shape index (κ2) is 25.8. The van der Waals surface area contributed by atoms with Gasteiger partial charge in [-0.2, -0.15) is 0 Å². The Morgan fingerprint density at radius 2 is 0.624 bits per heavy atom. The van der Waals surface area contributed by atoms with Crippen LogP contribution < -0.4 is 11.3 Å². The third-order valence-electron chi connectivity index (χ3n) is 25.3. The van der Waals surface area contributed by atoms with Gasteiger partial charge in [-0.05, 0) is 244 Å². The average Bonchev–Trinajstić information content (AvgIpc) is 1.55. The second-order valence-electron chi connectivity index (χ2n) is 32.5. The minimum atomic E-state index is -0.350. The summed E-state index contributed by atoms with van der Waals surface area (Å²) in [5.74, 6) is 0. The number of para-hydroxylation sites is 4. The van der Waals surface area contributed by atoms with E-state index in [1.165, 1.54) is 77.1 Å². The second-order valence-corrected chi connectivity index (χ2v) is 32.5. The molecule has 7 nitrogen and oxygen atoms in total. The monoisotopic (exact) mass is 1500 g/mol. The van der Waals surface area contributed by atoms with Crippen LogP contribution in [0.5, 0.6) is 0 Å². The molecule has 2 aliphatic carbocycles. The predicted octanol–water partition coefficient (Wildman–Crippen LogP) is 28.6. The van der Waals surface area contributed by atoms with Gasteiger partial charge < -0.3 is 22.4 Å². The molecule has 17 aromatic carbocycles. The van der Waals surface area contributed by atoms with Crippen molar-refractivity contribution in [1.29, 1.82) is 0 Å². The van der Waals surface area contributed by atoms with Gasteiger partial charge >= 0.3 is 11.3 Å². The maximum Gasteiger partial charge on any atom is 0.344 e. The standard InChI is InChI=1S/C58H39NO2.C52H33NO3/c1-58(2)52-24-13-12-21-46(52)48-34-50-49-32-39(26-28-54(49)59(55(50)35-53(48)58)43-19-10-5-11-20-43)38-25-27-45-47-23-14-22-44(56(47)61-57(60)51(45)33-38)42-30-40(36-15-6-3-7-16-36)29-41(31-42)37-17-8-4-9-18-37;1-52(2)43-16-8-6-13-36(43)39-28-41-40-25-31(21-24-45(40)53(46(41)29-44(39)52)33-11-4-3-5-12-33)30-19-22-35-37-23-20-32(27-49(37)56-51(54)42(35)26-30)34-15-10-18-48-50(34)38-14-7-9-17-47(38)55-48/h3-35H,1-2H3;3-29H,1-2H3. The molecule has 0 fully saturated rings. The van der Waals surface area contributed by atoms with Gasteiger partial charge in [-0.3, -0.25) is 0 Å². The molecule has 7 heteroatoms. The van der Waals surface area contributed by atoms with Crippen LogP contribution in [-0.2, 0) is 10.8 Å². The van der Waals surface area contributed by atoms with Crippen LogP contribution in [0.4, 0.5) is 0 Å². The first kappa shape index (κ1) is 67.7. The molecule has 117 heavy (non-hydrogen) atoms. The Bertz CT molecular complexity index is 8040. The molecular weight excluding hydrogens is 1430 g/mol. The Kier molecular flexibility index (Phi) is 14.9. The van der Waals surface area contributed by atoms with Crippen molar-refractivity contribution in [3.63, 3.8) is 0 Å². The van der Waals surface area contributed by atoms with Crippen molar-refractivity contribution >= 4 is 109 Å². The quantitative estimate of drug-likeness (QED) is 0.112. The van der Waals surface area contributed by atoms with Crippen LogP contribution in [-0.4, -0.2) is 9.13 Å². The topological polar surface area (TPSA) is 83.4 Å². The highest BCUT2D eigenvalue weighted by atomic mass is 16.4. The van der Waals surface area contributed by atoms with Crippen LogP contribution in [0.3, 0.4) is 0 Å². The van der Waals surface area contributed by atoms with E-state index in [0.717, 1.165) is 133 Å². The maximum absolute atomic E-state index is 14.2. The number of aromatic nitrogens is 2. The molecule has 552 valence electrons. The first-order valence-electron chi connectivity index (χ1n) is 40.1. The fraction of sp³-hybridized carbons (Fsp3) is 0.0545. The summed E-state index contributed by atoms with van der Waals surface area (Å²) in [7, 11) is 0. The van der Waals surface area contributed by atoms with Crippen LogP contribution in [0, 0.1) is 0 Å². The van der Waals surface area contributed by atoms with E-state index in [0.29, 0.717) is 21.9 Å². The summed E-state index contributed by atoms with van der Waals surface area (Å²) in [5.41, 5.74) is 31.8. The third-order valence-corrected chi connectivity index (χ3v) is 25.3. The molecule has 0 radical (unpaired) electrons. The zero-order valence-electron chi connectivity index (χ0n) is 64.6. The first-order chi connectivity index (χ1) is 57.3. The molecule has 0 saturated carbocycles. The molecule has 0 amide bonds. The lowest BCUT2D eigenvalue weighted by atomic mass is 9.82. The van der Waals surface area contributed by atoms with Gasteiger partial charge in [0.05, 0.1) is 32.8 Å². The zero-order valence-corrected chi connectivity index (χ0v) is 64.6. The molecule has 5 heterocycles. The van der Waals surface area contributed by atoms with E-state index in [2.05, 4.69) is 340 Å². The van der Waals surface area contributed by atoms with E-state index in [4.69, 9.17) is 13.3 Å². The van der Waals surface area contributed by atoms with E-state index >= 15 is 0 Å². The Balaban J connectivity index is 0.000000138. The van der Waals surface area contributed by atoms with E-state index in [1.54, 1.807) is 0 Å². The summed E-state index contributed by atoms with van der Waals surface area (Å²) in [6, 6.07) is 128. The van der Waals surface area contributed by atoms with E-state index in [-0.39, 0.29) is 22.1 Å². The number of hydrogen-bond donors (Lipinski definition) is 0. The highest BCUT2D eigenvalue weighted by molar-refractivity contribution is 6.17. The van der Waals surface area contributed by atoms with Crippen molar-refractivity contribution in [3.8, 4) is 100 Å². The van der Waals surface area contributed by atoms with Gasteiger partial charge in [0.1, 0.15) is 22.3 Å². The van der Waals surface area contributed by atoms with Gasteiger partial charge in [-0.25, -0.2) is 9.59 Å². The van der Waals surface area contributed by atoms with Gasteiger partial charge in [-0.1, -0.05) is 264 Å². The minimum absolute atomic E-state index is 0.107. The van der Waals surface area contributed by atoms with Crippen molar-refractivity contribution in [2.24, 2.45) is 0 Å². The number of fused-ring (bicyclic) bond motifs is 21. The van der Waals surface area contributed by atoms with Crippen LogP contribution >= 0.6 is 0 Å². The molecule has 0 bridgehead atoms. The fourth-order valence-corrected chi connectivity index (χ4v) is 19.5. The Morgan fingerprint density at radius 1 is 0.214 bits per heavy atom. The van der Waals surface area contributed by atoms with Crippen LogP contribution in [0.1, 0.15) is 49.9 Å². The molecule has 2 aliphatic rings. The summed E-state index contributed by atoms with van der Waals surface area (Å²) in [4.78, 5) is 28.0. The molecule has 0 N–H and O–H groups in total. The Hall–Kier alpha value is -14.9. The molecule has 5 aromatic heterocycles. The van der Waals surface area contributed by atoms with Gasteiger partial charge in [0.25, 0.3) is 0 Å². The molecule has 0 aliphatic heterocycles. The molecule has 0 unspecified atom stereocenters. The summed E-state index contributed by atoms with van der Waals surface area (Å²) in [5, 5.41) is 11.5. The first-order valence-corrected chi connectivity index (χ1v) is 40.1. The van der Waals surface area contributed by atoms with Gasteiger partial charge in [0.2, 0.25) is 0 Å². The Labute approximate surface area is 673 Å². The fourth-order valence-electron chi connectivity index (χ4n) is 19.5. The normalized spacial score (nSPS) is 13.2. The number of benzene rings is 17. The smallest absolute Gasteiger partial charge is 0.344 e. The summed E-state index contributed by atoms with van der Waals surface area (Å²) < 4.78 is 23.4. The minimum Gasteiger partial charge on any atom is -0.456 e. The Morgan fingerprint density at radius 3 is 1.19 bits per heavy atom. The number of nitrogens with zero attached hydrogens (tertiary/aromatic N) is 2. The van der Waals surface area contributed by atoms with Crippen molar-refractivity contribution in [2.75, 3.05) is 0 Å². The summed E-state index contributed by atoms with van der Waals surface area (Å²) in [6.07, 6.45) is 0. The van der Waals surface area contributed by atoms with E-state index in [9.17, 15) is 9.59 Å². The molecule has 0 saturated heterocycles. The van der Waals surface area contributed by atoms with E-state index < -0.39 is 0 Å². The molecule has 22 aromatic rings.